The summed E-state index contributed by atoms with van der Waals surface area (Å²) < 4.78 is 6.09. The number of hydrogen-bond donors (Lipinski definition) is 2. The largest absolute Gasteiger partial charge is 0.496 e. The van der Waals surface area contributed by atoms with E-state index >= 15 is 0 Å². The van der Waals surface area contributed by atoms with Crippen LogP contribution in [-0.2, 0) is 0 Å². The normalized spacial score (nSPS) is 12.6. The molecule has 4 heteroatoms. The van der Waals surface area contributed by atoms with Crippen molar-refractivity contribution in [3.05, 3.63) is 28.2 Å². The molecular weight excluding hydrogens is 246 g/mol. The Kier molecular flexibility index (Phi) is 4.38. The van der Waals surface area contributed by atoms with Crippen LogP contribution in [0.4, 0.5) is 0 Å². The lowest BCUT2D eigenvalue weighted by molar-refractivity contribution is 0.173. The minimum Gasteiger partial charge on any atom is -0.496 e. The number of hydrogen-bond acceptors (Lipinski definition) is 3. The van der Waals surface area contributed by atoms with Crippen molar-refractivity contribution in [3.8, 4) is 5.75 Å². The first-order chi connectivity index (χ1) is 6.69. The standard InChI is InChI=1S/C10H14BrNO2/c1-12-6-9(13)8-5-7(11)3-4-10(8)14-2/h3-5,9,12-13H,6H2,1-2H3. The Labute approximate surface area is 92.2 Å². The minimum atomic E-state index is -0.549. The fourth-order valence-electron chi connectivity index (χ4n) is 1.27. The average molecular weight is 260 g/mol. The van der Waals surface area contributed by atoms with Crippen LogP contribution in [-0.4, -0.2) is 25.8 Å². The van der Waals surface area contributed by atoms with Gasteiger partial charge in [-0.15, -0.1) is 0 Å². The zero-order chi connectivity index (χ0) is 10.6. The third kappa shape index (κ3) is 2.70. The van der Waals surface area contributed by atoms with Gasteiger partial charge < -0.3 is 15.2 Å². The second-order valence-electron chi connectivity index (χ2n) is 2.96. The van der Waals surface area contributed by atoms with E-state index in [-0.39, 0.29) is 0 Å². The predicted molar refractivity (Wildman–Crippen MR) is 59.6 cm³/mol. The van der Waals surface area contributed by atoms with Crippen LogP contribution in [0.1, 0.15) is 11.7 Å². The van der Waals surface area contributed by atoms with E-state index < -0.39 is 6.10 Å². The van der Waals surface area contributed by atoms with Crippen LogP contribution >= 0.6 is 15.9 Å². The average Bonchev–Trinajstić information content (AvgIpc) is 2.18. The van der Waals surface area contributed by atoms with Crippen molar-refractivity contribution in [2.24, 2.45) is 0 Å². The molecule has 0 amide bonds. The number of aliphatic hydroxyl groups excluding tert-OH is 1. The third-order valence-corrected chi connectivity index (χ3v) is 2.44. The van der Waals surface area contributed by atoms with E-state index in [4.69, 9.17) is 4.74 Å². The Bertz CT molecular complexity index is 304. The summed E-state index contributed by atoms with van der Waals surface area (Å²) in [5.41, 5.74) is 0.788. The molecule has 14 heavy (non-hydrogen) atoms. The van der Waals surface area contributed by atoms with Crippen molar-refractivity contribution in [1.29, 1.82) is 0 Å². The van der Waals surface area contributed by atoms with Crippen molar-refractivity contribution in [3.63, 3.8) is 0 Å². The summed E-state index contributed by atoms with van der Waals surface area (Å²) in [5, 5.41) is 12.7. The Morgan fingerprint density at radius 2 is 2.29 bits per heavy atom. The number of aliphatic hydroxyl groups is 1. The van der Waals surface area contributed by atoms with Gasteiger partial charge in [0.15, 0.2) is 0 Å². The van der Waals surface area contributed by atoms with Gasteiger partial charge in [0.2, 0.25) is 0 Å². The van der Waals surface area contributed by atoms with Crippen molar-refractivity contribution in [1.82, 2.24) is 5.32 Å². The van der Waals surface area contributed by atoms with Crippen LogP contribution in [0.3, 0.4) is 0 Å². The quantitative estimate of drug-likeness (QED) is 0.866. The first-order valence-electron chi connectivity index (χ1n) is 4.35. The van der Waals surface area contributed by atoms with Gasteiger partial charge in [-0.1, -0.05) is 15.9 Å². The summed E-state index contributed by atoms with van der Waals surface area (Å²) in [6.45, 7) is 0.507. The van der Waals surface area contributed by atoms with Gasteiger partial charge in [-0.05, 0) is 25.2 Å². The molecule has 0 saturated heterocycles. The molecular formula is C10H14BrNO2. The summed E-state index contributed by atoms with van der Waals surface area (Å²) in [6.07, 6.45) is -0.549. The molecule has 0 radical (unpaired) electrons. The topological polar surface area (TPSA) is 41.5 Å². The predicted octanol–water partition coefficient (Wildman–Crippen LogP) is 1.71. The maximum absolute atomic E-state index is 9.79. The van der Waals surface area contributed by atoms with E-state index in [0.717, 1.165) is 10.0 Å². The van der Waals surface area contributed by atoms with Gasteiger partial charge in [-0.25, -0.2) is 0 Å². The third-order valence-electron chi connectivity index (χ3n) is 1.95. The van der Waals surface area contributed by atoms with Crippen molar-refractivity contribution in [2.75, 3.05) is 20.7 Å². The zero-order valence-corrected chi connectivity index (χ0v) is 9.84. The number of halogens is 1. The lowest BCUT2D eigenvalue weighted by Gasteiger charge is -2.14. The number of ether oxygens (including phenoxy) is 1. The van der Waals surface area contributed by atoms with Gasteiger partial charge in [0.1, 0.15) is 5.75 Å². The fourth-order valence-corrected chi connectivity index (χ4v) is 1.65. The van der Waals surface area contributed by atoms with Crippen molar-refractivity contribution >= 4 is 15.9 Å². The number of methoxy groups -OCH3 is 1. The van der Waals surface area contributed by atoms with Gasteiger partial charge in [0, 0.05) is 16.6 Å². The van der Waals surface area contributed by atoms with E-state index in [0.29, 0.717) is 12.3 Å². The van der Waals surface area contributed by atoms with Gasteiger partial charge >= 0.3 is 0 Å². The molecule has 1 aromatic rings. The molecule has 1 atom stereocenters. The fraction of sp³-hybridized carbons (Fsp3) is 0.400. The number of benzene rings is 1. The van der Waals surface area contributed by atoms with E-state index in [1.54, 1.807) is 14.2 Å². The molecule has 0 aliphatic carbocycles. The number of likely N-dealkylation sites (N-methyl/N-ethyl adjacent to an activating group) is 1. The molecule has 0 aliphatic rings. The second kappa shape index (κ2) is 5.34. The van der Waals surface area contributed by atoms with Crippen molar-refractivity contribution in [2.45, 2.75) is 6.10 Å². The van der Waals surface area contributed by atoms with Crippen LogP contribution in [0.2, 0.25) is 0 Å². The Morgan fingerprint density at radius 1 is 1.57 bits per heavy atom. The van der Waals surface area contributed by atoms with E-state index in [1.165, 1.54) is 0 Å². The SMILES string of the molecule is CNCC(O)c1cc(Br)ccc1OC. The lowest BCUT2D eigenvalue weighted by Crippen LogP contribution is -2.17. The van der Waals surface area contributed by atoms with Gasteiger partial charge in [-0.3, -0.25) is 0 Å². The molecule has 0 aliphatic heterocycles. The smallest absolute Gasteiger partial charge is 0.124 e. The highest BCUT2D eigenvalue weighted by atomic mass is 79.9. The van der Waals surface area contributed by atoms with Gasteiger partial charge in [0.25, 0.3) is 0 Å². The van der Waals surface area contributed by atoms with Gasteiger partial charge in [-0.2, -0.15) is 0 Å². The molecule has 0 fully saturated rings. The Hall–Kier alpha value is -0.580. The van der Waals surface area contributed by atoms with Crippen LogP contribution < -0.4 is 10.1 Å². The maximum Gasteiger partial charge on any atom is 0.124 e. The molecule has 78 valence electrons. The molecule has 0 saturated carbocycles. The highest BCUT2D eigenvalue weighted by Gasteiger charge is 2.12. The molecule has 3 nitrogen and oxygen atoms in total. The Morgan fingerprint density at radius 3 is 2.86 bits per heavy atom. The lowest BCUT2D eigenvalue weighted by atomic mass is 10.1. The van der Waals surface area contributed by atoms with E-state index in [9.17, 15) is 5.11 Å². The molecule has 0 bridgehead atoms. The van der Waals surface area contributed by atoms with Crippen LogP contribution in [0, 0.1) is 0 Å². The molecule has 1 aromatic carbocycles. The second-order valence-corrected chi connectivity index (χ2v) is 3.88. The molecule has 0 spiro atoms. The first kappa shape index (κ1) is 11.5. The monoisotopic (exact) mass is 259 g/mol. The molecule has 1 rings (SSSR count). The summed E-state index contributed by atoms with van der Waals surface area (Å²) in [5.74, 6) is 0.705. The summed E-state index contributed by atoms with van der Waals surface area (Å²) in [4.78, 5) is 0. The molecule has 0 aromatic heterocycles. The first-order valence-corrected chi connectivity index (χ1v) is 5.14. The number of rotatable bonds is 4. The van der Waals surface area contributed by atoms with Crippen LogP contribution in [0.5, 0.6) is 5.75 Å². The summed E-state index contributed by atoms with van der Waals surface area (Å²) in [7, 11) is 3.40. The highest BCUT2D eigenvalue weighted by molar-refractivity contribution is 9.10. The summed E-state index contributed by atoms with van der Waals surface area (Å²) >= 11 is 3.36. The van der Waals surface area contributed by atoms with Crippen LogP contribution in [0.25, 0.3) is 0 Å². The molecule has 0 heterocycles. The number of nitrogens with one attached hydrogen (secondary N) is 1. The van der Waals surface area contributed by atoms with Gasteiger partial charge in [0.05, 0.1) is 13.2 Å². The van der Waals surface area contributed by atoms with E-state index in [2.05, 4.69) is 21.2 Å². The molecule has 2 N–H and O–H groups in total. The van der Waals surface area contributed by atoms with Crippen molar-refractivity contribution < 1.29 is 9.84 Å². The minimum absolute atomic E-state index is 0.507. The van der Waals surface area contributed by atoms with Crippen LogP contribution in [0.15, 0.2) is 22.7 Å². The van der Waals surface area contributed by atoms with E-state index in [1.807, 2.05) is 18.2 Å². The highest BCUT2D eigenvalue weighted by Crippen LogP contribution is 2.27. The Balaban J connectivity index is 2.97. The zero-order valence-electron chi connectivity index (χ0n) is 8.25. The summed E-state index contributed by atoms with van der Waals surface area (Å²) in [6, 6.07) is 5.58. The molecule has 1 unspecified atom stereocenters. The maximum atomic E-state index is 9.79.